The molecule has 0 saturated heterocycles. The van der Waals surface area contributed by atoms with E-state index in [2.05, 4.69) is 0 Å². The Morgan fingerprint density at radius 2 is 2.00 bits per heavy atom. The molecule has 118 valence electrons. The van der Waals surface area contributed by atoms with Crippen molar-refractivity contribution < 1.29 is 18.7 Å². The number of hydrogen-bond donors (Lipinski definition) is 0. The quantitative estimate of drug-likeness (QED) is 0.810. The first kappa shape index (κ1) is 15.5. The predicted molar refractivity (Wildman–Crippen MR) is 84.2 cm³/mol. The molecule has 3 rings (SSSR count). The maximum Gasteiger partial charge on any atom is 0.341 e. The van der Waals surface area contributed by atoms with Crippen LogP contribution in [0.25, 0.3) is 0 Å². The number of carbonyl (C=O) groups excluding carboxylic acids is 2. The standard InChI is InChI=1S/C17H13ClFNO3/c18-12-5-6-14(19)13(9-12)17(22)23-10-16(21)20-8-7-11-3-1-2-4-15(11)20/h1-6,9H,7-8,10H2. The molecule has 0 aliphatic carbocycles. The van der Waals surface area contributed by atoms with Crippen molar-refractivity contribution in [2.45, 2.75) is 6.42 Å². The summed E-state index contributed by atoms with van der Waals surface area (Å²) in [5.74, 6) is -1.99. The normalized spacial score (nSPS) is 12.9. The van der Waals surface area contributed by atoms with E-state index >= 15 is 0 Å². The van der Waals surface area contributed by atoms with Gasteiger partial charge >= 0.3 is 5.97 Å². The Kier molecular flexibility index (Phi) is 4.30. The molecular formula is C17H13ClFNO3. The molecule has 0 fully saturated rings. The fourth-order valence-corrected chi connectivity index (χ4v) is 2.71. The molecule has 1 amide bonds. The molecular weight excluding hydrogens is 321 g/mol. The van der Waals surface area contributed by atoms with Gasteiger partial charge in [0, 0.05) is 17.3 Å². The van der Waals surface area contributed by atoms with E-state index in [9.17, 15) is 14.0 Å². The van der Waals surface area contributed by atoms with Gasteiger partial charge in [0.05, 0.1) is 5.56 Å². The second-order valence-corrected chi connectivity index (χ2v) is 5.56. The maximum absolute atomic E-state index is 13.6. The summed E-state index contributed by atoms with van der Waals surface area (Å²) in [4.78, 5) is 25.7. The number of amides is 1. The number of esters is 1. The Morgan fingerprint density at radius 3 is 2.83 bits per heavy atom. The minimum Gasteiger partial charge on any atom is -0.452 e. The largest absolute Gasteiger partial charge is 0.452 e. The average Bonchev–Trinajstić information content (AvgIpc) is 2.98. The van der Waals surface area contributed by atoms with Gasteiger partial charge in [-0.15, -0.1) is 0 Å². The Labute approximate surface area is 137 Å². The van der Waals surface area contributed by atoms with Crippen molar-refractivity contribution in [3.8, 4) is 0 Å². The third kappa shape index (κ3) is 3.19. The SMILES string of the molecule is O=C(OCC(=O)N1CCc2ccccc21)c1cc(Cl)ccc1F. The Hall–Kier alpha value is -2.40. The second kappa shape index (κ2) is 6.38. The zero-order valence-electron chi connectivity index (χ0n) is 12.1. The van der Waals surface area contributed by atoms with Crippen LogP contribution in [0.4, 0.5) is 10.1 Å². The van der Waals surface area contributed by atoms with Crippen LogP contribution in [-0.2, 0) is 16.0 Å². The Morgan fingerprint density at radius 1 is 1.22 bits per heavy atom. The van der Waals surface area contributed by atoms with Crippen molar-refractivity contribution in [1.29, 1.82) is 0 Å². The van der Waals surface area contributed by atoms with Gasteiger partial charge in [0.2, 0.25) is 0 Å². The Balaban J connectivity index is 1.66. The highest BCUT2D eigenvalue weighted by molar-refractivity contribution is 6.30. The van der Waals surface area contributed by atoms with E-state index in [1.165, 1.54) is 12.1 Å². The van der Waals surface area contributed by atoms with Crippen molar-refractivity contribution in [1.82, 2.24) is 0 Å². The van der Waals surface area contributed by atoms with Gasteiger partial charge in [-0.05, 0) is 36.2 Å². The zero-order valence-corrected chi connectivity index (χ0v) is 12.8. The summed E-state index contributed by atoms with van der Waals surface area (Å²) < 4.78 is 18.5. The molecule has 0 unspecified atom stereocenters. The molecule has 0 spiro atoms. The van der Waals surface area contributed by atoms with Gasteiger partial charge in [-0.3, -0.25) is 4.79 Å². The van der Waals surface area contributed by atoms with Gasteiger partial charge in [0.15, 0.2) is 6.61 Å². The molecule has 0 saturated carbocycles. The molecule has 0 N–H and O–H groups in total. The number of ether oxygens (including phenoxy) is 1. The van der Waals surface area contributed by atoms with Gasteiger partial charge < -0.3 is 9.64 Å². The lowest BCUT2D eigenvalue weighted by atomic mass is 10.2. The molecule has 6 heteroatoms. The molecule has 0 aromatic heterocycles. The topological polar surface area (TPSA) is 46.6 Å². The highest BCUT2D eigenvalue weighted by Gasteiger charge is 2.25. The number of fused-ring (bicyclic) bond motifs is 1. The van der Waals surface area contributed by atoms with Gasteiger partial charge in [-0.25, -0.2) is 9.18 Å². The van der Waals surface area contributed by atoms with Crippen LogP contribution in [0.5, 0.6) is 0 Å². The summed E-state index contributed by atoms with van der Waals surface area (Å²) >= 11 is 5.73. The number of nitrogens with zero attached hydrogens (tertiary/aromatic N) is 1. The molecule has 23 heavy (non-hydrogen) atoms. The van der Waals surface area contributed by atoms with Crippen LogP contribution in [0.15, 0.2) is 42.5 Å². The number of hydrogen-bond acceptors (Lipinski definition) is 3. The predicted octanol–water partition coefficient (Wildman–Crippen LogP) is 3.23. The van der Waals surface area contributed by atoms with Gasteiger partial charge in [-0.1, -0.05) is 29.8 Å². The van der Waals surface area contributed by atoms with Gasteiger partial charge in [-0.2, -0.15) is 0 Å². The van der Waals surface area contributed by atoms with Crippen molar-refractivity contribution in [2.24, 2.45) is 0 Å². The van der Waals surface area contributed by atoms with E-state index in [4.69, 9.17) is 16.3 Å². The van der Waals surface area contributed by atoms with Crippen molar-refractivity contribution in [2.75, 3.05) is 18.1 Å². The molecule has 0 bridgehead atoms. The summed E-state index contributed by atoms with van der Waals surface area (Å²) in [5.41, 5.74) is 1.61. The monoisotopic (exact) mass is 333 g/mol. The van der Waals surface area contributed by atoms with E-state index in [0.29, 0.717) is 6.54 Å². The fourth-order valence-electron chi connectivity index (χ4n) is 2.53. The van der Waals surface area contributed by atoms with Crippen LogP contribution < -0.4 is 4.90 Å². The van der Waals surface area contributed by atoms with E-state index < -0.39 is 18.4 Å². The minimum absolute atomic E-state index is 0.221. The van der Waals surface area contributed by atoms with E-state index in [-0.39, 0.29) is 16.5 Å². The van der Waals surface area contributed by atoms with E-state index in [1.54, 1.807) is 4.90 Å². The minimum atomic E-state index is -0.911. The van der Waals surface area contributed by atoms with Crippen LogP contribution in [0.3, 0.4) is 0 Å². The van der Waals surface area contributed by atoms with Crippen molar-refractivity contribution in [3.05, 3.63) is 64.4 Å². The lowest BCUT2D eigenvalue weighted by Gasteiger charge is -2.17. The maximum atomic E-state index is 13.6. The number of rotatable bonds is 3. The lowest BCUT2D eigenvalue weighted by Crippen LogP contribution is -2.33. The summed E-state index contributed by atoms with van der Waals surface area (Å²) in [6, 6.07) is 11.1. The van der Waals surface area contributed by atoms with Gasteiger partial charge in [0.1, 0.15) is 5.82 Å². The van der Waals surface area contributed by atoms with Crippen LogP contribution in [0, 0.1) is 5.82 Å². The van der Waals surface area contributed by atoms with E-state index in [0.717, 1.165) is 23.7 Å². The first-order valence-electron chi connectivity index (χ1n) is 7.06. The molecule has 1 aliphatic rings. The van der Waals surface area contributed by atoms with Crippen LogP contribution in [0.2, 0.25) is 5.02 Å². The van der Waals surface area contributed by atoms with Crippen LogP contribution in [-0.4, -0.2) is 25.0 Å². The van der Waals surface area contributed by atoms with Crippen LogP contribution in [0.1, 0.15) is 15.9 Å². The highest BCUT2D eigenvalue weighted by Crippen LogP contribution is 2.27. The molecule has 0 radical (unpaired) electrons. The summed E-state index contributed by atoms with van der Waals surface area (Å²) in [6.45, 7) is 0.0976. The van der Waals surface area contributed by atoms with E-state index in [1.807, 2.05) is 24.3 Å². The third-order valence-electron chi connectivity index (χ3n) is 3.66. The lowest BCUT2D eigenvalue weighted by molar-refractivity contribution is -0.121. The second-order valence-electron chi connectivity index (χ2n) is 5.12. The first-order valence-corrected chi connectivity index (χ1v) is 7.44. The third-order valence-corrected chi connectivity index (χ3v) is 3.90. The molecule has 1 aliphatic heterocycles. The molecule has 4 nitrogen and oxygen atoms in total. The number of carbonyl (C=O) groups is 2. The zero-order chi connectivity index (χ0) is 16.4. The summed E-state index contributed by atoms with van der Waals surface area (Å²) in [6.07, 6.45) is 0.763. The highest BCUT2D eigenvalue weighted by atomic mass is 35.5. The Bertz CT molecular complexity index is 778. The number of benzene rings is 2. The fraction of sp³-hybridized carbons (Fsp3) is 0.176. The van der Waals surface area contributed by atoms with Gasteiger partial charge in [0.25, 0.3) is 5.91 Å². The van der Waals surface area contributed by atoms with Crippen molar-refractivity contribution in [3.63, 3.8) is 0 Å². The number of anilines is 1. The number of halogens is 2. The molecule has 2 aromatic carbocycles. The summed E-state index contributed by atoms with van der Waals surface area (Å²) in [7, 11) is 0. The smallest absolute Gasteiger partial charge is 0.341 e. The number of para-hydroxylation sites is 1. The average molecular weight is 334 g/mol. The molecule has 1 heterocycles. The summed E-state index contributed by atoms with van der Waals surface area (Å²) in [5, 5.41) is 0.221. The molecule has 2 aromatic rings. The van der Waals surface area contributed by atoms with Crippen molar-refractivity contribution >= 4 is 29.2 Å². The molecule has 0 atom stereocenters. The van der Waals surface area contributed by atoms with Crippen LogP contribution >= 0.6 is 11.6 Å². The first-order chi connectivity index (χ1) is 11.1.